The third kappa shape index (κ3) is 2.33. The standard InChI is InChI=1S/C15H17N3O2/c1-18-12-5-11(6-13(18)9-20-8-12)15(19)14-4-10(7-16)2-3-17-14/h2-4,11-13H,5-6,8-9H2,1H3. The van der Waals surface area contributed by atoms with Gasteiger partial charge in [0, 0.05) is 24.2 Å². The highest BCUT2D eigenvalue weighted by Gasteiger charge is 2.39. The minimum atomic E-state index is -0.00783. The molecule has 2 unspecified atom stereocenters. The van der Waals surface area contributed by atoms with Crippen LogP contribution in [0, 0.1) is 17.2 Å². The Kier molecular flexibility index (Phi) is 3.51. The lowest BCUT2D eigenvalue weighted by atomic mass is 9.82. The first-order valence-electron chi connectivity index (χ1n) is 6.89. The van der Waals surface area contributed by atoms with Crippen LogP contribution in [0.5, 0.6) is 0 Å². The maximum Gasteiger partial charge on any atom is 0.184 e. The fraction of sp³-hybridized carbons (Fsp3) is 0.533. The van der Waals surface area contributed by atoms with Gasteiger partial charge in [-0.2, -0.15) is 5.26 Å². The zero-order chi connectivity index (χ0) is 14.1. The highest BCUT2D eigenvalue weighted by atomic mass is 16.5. The van der Waals surface area contributed by atoms with E-state index in [1.54, 1.807) is 12.1 Å². The Morgan fingerprint density at radius 3 is 2.80 bits per heavy atom. The number of morpholine rings is 1. The molecule has 1 aromatic heterocycles. The molecule has 2 bridgehead atoms. The molecule has 0 aliphatic carbocycles. The van der Waals surface area contributed by atoms with Crippen molar-refractivity contribution in [3.05, 3.63) is 29.6 Å². The molecule has 1 aromatic rings. The van der Waals surface area contributed by atoms with Crippen molar-refractivity contribution in [2.24, 2.45) is 5.92 Å². The number of nitrogens with zero attached hydrogens (tertiary/aromatic N) is 3. The number of piperidine rings is 1. The van der Waals surface area contributed by atoms with Crippen molar-refractivity contribution in [2.75, 3.05) is 20.3 Å². The highest BCUT2D eigenvalue weighted by molar-refractivity contribution is 5.96. The number of fused-ring (bicyclic) bond motifs is 2. The van der Waals surface area contributed by atoms with E-state index < -0.39 is 0 Å². The first kappa shape index (κ1) is 13.2. The van der Waals surface area contributed by atoms with E-state index >= 15 is 0 Å². The number of carbonyl (C=O) groups is 1. The zero-order valence-electron chi connectivity index (χ0n) is 11.5. The quantitative estimate of drug-likeness (QED) is 0.757. The Morgan fingerprint density at radius 1 is 1.45 bits per heavy atom. The molecule has 104 valence electrons. The summed E-state index contributed by atoms with van der Waals surface area (Å²) in [4.78, 5) is 19.0. The van der Waals surface area contributed by atoms with E-state index in [9.17, 15) is 4.79 Å². The number of aromatic nitrogens is 1. The maximum absolute atomic E-state index is 12.6. The van der Waals surface area contributed by atoms with E-state index in [-0.39, 0.29) is 11.7 Å². The van der Waals surface area contributed by atoms with E-state index in [0.29, 0.717) is 36.6 Å². The first-order valence-corrected chi connectivity index (χ1v) is 6.89. The summed E-state index contributed by atoms with van der Waals surface area (Å²) in [6.45, 7) is 1.39. The Balaban J connectivity index is 1.79. The smallest absolute Gasteiger partial charge is 0.184 e. The van der Waals surface area contributed by atoms with Crippen LogP contribution in [0.2, 0.25) is 0 Å². The number of ether oxygens (including phenoxy) is 1. The lowest BCUT2D eigenvalue weighted by Crippen LogP contribution is -2.55. The van der Waals surface area contributed by atoms with Crippen LogP contribution in [-0.4, -0.2) is 48.0 Å². The van der Waals surface area contributed by atoms with Crippen molar-refractivity contribution < 1.29 is 9.53 Å². The average Bonchev–Trinajstić information content (AvgIpc) is 2.46. The van der Waals surface area contributed by atoms with Crippen LogP contribution in [0.3, 0.4) is 0 Å². The molecule has 20 heavy (non-hydrogen) atoms. The summed E-state index contributed by atoms with van der Waals surface area (Å²) in [5, 5.41) is 8.91. The minimum Gasteiger partial charge on any atom is -0.378 e. The number of Topliss-reactive ketones (excluding diaryl/α,β-unsaturated/α-hetero) is 1. The molecule has 2 aliphatic heterocycles. The molecule has 0 aromatic carbocycles. The number of rotatable bonds is 2. The predicted molar refractivity (Wildman–Crippen MR) is 72.2 cm³/mol. The van der Waals surface area contributed by atoms with Gasteiger partial charge in [-0.1, -0.05) is 0 Å². The third-order valence-electron chi connectivity index (χ3n) is 4.40. The molecule has 3 heterocycles. The van der Waals surface area contributed by atoms with Crippen molar-refractivity contribution in [1.29, 1.82) is 5.26 Å². The normalized spacial score (nSPS) is 29.7. The van der Waals surface area contributed by atoms with E-state index in [0.717, 1.165) is 12.8 Å². The summed E-state index contributed by atoms with van der Waals surface area (Å²) in [5.74, 6) is 0.0543. The molecule has 5 heteroatoms. The second-order valence-electron chi connectivity index (χ2n) is 5.58. The van der Waals surface area contributed by atoms with Crippen LogP contribution >= 0.6 is 0 Å². The van der Waals surface area contributed by atoms with Crippen LogP contribution in [0.4, 0.5) is 0 Å². The average molecular weight is 271 g/mol. The number of carbonyl (C=O) groups excluding carboxylic acids is 1. The van der Waals surface area contributed by atoms with Crippen LogP contribution in [0.1, 0.15) is 28.9 Å². The molecule has 2 saturated heterocycles. The van der Waals surface area contributed by atoms with Crippen LogP contribution in [-0.2, 0) is 4.74 Å². The molecular formula is C15H17N3O2. The van der Waals surface area contributed by atoms with Crippen LogP contribution < -0.4 is 0 Å². The Morgan fingerprint density at radius 2 is 2.15 bits per heavy atom. The topological polar surface area (TPSA) is 66.2 Å². The fourth-order valence-electron chi connectivity index (χ4n) is 3.15. The summed E-state index contributed by atoms with van der Waals surface area (Å²) in [6, 6.07) is 5.89. The molecule has 0 amide bonds. The Hall–Kier alpha value is -1.77. The van der Waals surface area contributed by atoms with E-state index in [4.69, 9.17) is 10.00 Å². The maximum atomic E-state index is 12.6. The summed E-state index contributed by atoms with van der Waals surface area (Å²) >= 11 is 0. The first-order chi connectivity index (χ1) is 9.69. The van der Waals surface area contributed by atoms with Gasteiger partial charge in [0.15, 0.2) is 5.78 Å². The van der Waals surface area contributed by atoms with Gasteiger partial charge in [-0.05, 0) is 32.0 Å². The van der Waals surface area contributed by atoms with Crippen LogP contribution in [0.15, 0.2) is 18.3 Å². The van der Waals surface area contributed by atoms with Crippen molar-refractivity contribution in [1.82, 2.24) is 9.88 Å². The predicted octanol–water partition coefficient (Wildman–Crippen LogP) is 1.25. The van der Waals surface area contributed by atoms with Gasteiger partial charge in [-0.15, -0.1) is 0 Å². The van der Waals surface area contributed by atoms with Gasteiger partial charge in [0.2, 0.25) is 0 Å². The van der Waals surface area contributed by atoms with Gasteiger partial charge in [0.25, 0.3) is 0 Å². The Labute approximate surface area is 118 Å². The highest BCUT2D eigenvalue weighted by Crippen LogP contribution is 2.32. The number of hydrogen-bond acceptors (Lipinski definition) is 5. The second kappa shape index (κ2) is 5.31. The number of hydrogen-bond donors (Lipinski definition) is 0. The molecule has 0 N–H and O–H groups in total. The minimum absolute atomic E-state index is 0.00783. The molecular weight excluding hydrogens is 254 g/mol. The SMILES string of the molecule is CN1C2COCC1CC(C(=O)c1cc(C#N)ccn1)C2. The molecule has 0 radical (unpaired) electrons. The van der Waals surface area contributed by atoms with Crippen molar-refractivity contribution in [3.63, 3.8) is 0 Å². The lowest BCUT2D eigenvalue weighted by Gasteiger charge is -2.46. The molecule has 3 rings (SSSR count). The van der Waals surface area contributed by atoms with Crippen molar-refractivity contribution >= 4 is 5.78 Å². The second-order valence-corrected chi connectivity index (χ2v) is 5.58. The number of nitriles is 1. The summed E-state index contributed by atoms with van der Waals surface area (Å²) in [7, 11) is 2.10. The lowest BCUT2D eigenvalue weighted by molar-refractivity contribution is -0.0703. The summed E-state index contributed by atoms with van der Waals surface area (Å²) < 4.78 is 5.57. The van der Waals surface area contributed by atoms with E-state index in [1.807, 2.05) is 0 Å². The van der Waals surface area contributed by atoms with Gasteiger partial charge < -0.3 is 4.74 Å². The van der Waals surface area contributed by atoms with Crippen LogP contribution in [0.25, 0.3) is 0 Å². The zero-order valence-corrected chi connectivity index (χ0v) is 11.5. The number of pyridine rings is 1. The van der Waals surface area contributed by atoms with Gasteiger partial charge in [-0.3, -0.25) is 14.7 Å². The third-order valence-corrected chi connectivity index (χ3v) is 4.40. The van der Waals surface area contributed by atoms with Gasteiger partial charge in [0.05, 0.1) is 24.8 Å². The molecule has 0 spiro atoms. The fourth-order valence-corrected chi connectivity index (χ4v) is 3.15. The monoisotopic (exact) mass is 271 g/mol. The molecule has 2 aliphatic rings. The molecule has 5 nitrogen and oxygen atoms in total. The van der Waals surface area contributed by atoms with Crippen molar-refractivity contribution in [3.8, 4) is 6.07 Å². The molecule has 0 saturated carbocycles. The largest absolute Gasteiger partial charge is 0.378 e. The van der Waals surface area contributed by atoms with Gasteiger partial charge in [-0.25, -0.2) is 0 Å². The van der Waals surface area contributed by atoms with Gasteiger partial charge in [0.1, 0.15) is 5.69 Å². The summed E-state index contributed by atoms with van der Waals surface area (Å²) in [5.41, 5.74) is 0.900. The van der Waals surface area contributed by atoms with Crippen molar-refractivity contribution in [2.45, 2.75) is 24.9 Å². The van der Waals surface area contributed by atoms with E-state index in [1.165, 1.54) is 6.20 Å². The summed E-state index contributed by atoms with van der Waals surface area (Å²) in [6.07, 6.45) is 3.15. The molecule has 2 fully saturated rings. The van der Waals surface area contributed by atoms with Gasteiger partial charge >= 0.3 is 0 Å². The number of ketones is 1. The number of likely N-dealkylation sites (N-methyl/N-ethyl adjacent to an activating group) is 1. The Bertz CT molecular complexity index is 552. The molecule has 2 atom stereocenters. The van der Waals surface area contributed by atoms with E-state index in [2.05, 4.69) is 23.0 Å².